The number of para-hydroxylation sites is 1. The third-order valence-electron chi connectivity index (χ3n) is 6.68. The summed E-state index contributed by atoms with van der Waals surface area (Å²) in [6, 6.07) is 18.8. The van der Waals surface area contributed by atoms with E-state index in [1.807, 2.05) is 50.2 Å². The quantitative estimate of drug-likeness (QED) is 0.279. The lowest BCUT2D eigenvalue weighted by atomic mass is 10.0. The van der Waals surface area contributed by atoms with E-state index in [-0.39, 0.29) is 24.8 Å². The first kappa shape index (κ1) is 32.4. The van der Waals surface area contributed by atoms with E-state index in [0.29, 0.717) is 39.0 Å². The summed E-state index contributed by atoms with van der Waals surface area (Å²) in [4.78, 5) is 29.3. The topological polar surface area (TPSA) is 86.8 Å². The van der Waals surface area contributed by atoms with Gasteiger partial charge in [0.05, 0.1) is 11.9 Å². The molecule has 0 fully saturated rings. The molecule has 0 saturated heterocycles. The highest BCUT2D eigenvalue weighted by Gasteiger charge is 2.34. The number of amides is 2. The fraction of sp³-hybridized carbons (Fsp3) is 0.355. The van der Waals surface area contributed by atoms with Gasteiger partial charge in [0.2, 0.25) is 21.8 Å². The maximum Gasteiger partial charge on any atom is 0.244 e. The Labute approximate surface area is 253 Å². The maximum atomic E-state index is 14.2. The smallest absolute Gasteiger partial charge is 0.244 e. The Hall–Kier alpha value is -3.07. The van der Waals surface area contributed by atoms with Gasteiger partial charge in [-0.05, 0) is 54.2 Å². The Kier molecular flexibility index (Phi) is 11.2. The van der Waals surface area contributed by atoms with Crippen LogP contribution in [0.5, 0.6) is 0 Å². The van der Waals surface area contributed by atoms with Gasteiger partial charge < -0.3 is 10.2 Å². The second-order valence-electron chi connectivity index (χ2n) is 10.6. The maximum absolute atomic E-state index is 14.2. The molecule has 0 aliphatic heterocycles. The van der Waals surface area contributed by atoms with Crippen LogP contribution in [0.2, 0.25) is 10.0 Å². The van der Waals surface area contributed by atoms with Crippen molar-refractivity contribution < 1.29 is 18.0 Å². The minimum absolute atomic E-state index is 0.0220. The molecule has 1 N–H and O–H groups in total. The number of hydrogen-bond donors (Lipinski definition) is 1. The number of carbonyl (C=O) groups excluding carboxylic acids is 2. The molecular weight excluding hydrogens is 581 g/mol. The summed E-state index contributed by atoms with van der Waals surface area (Å²) in [6.07, 6.45) is 1.30. The first-order valence-corrected chi connectivity index (χ1v) is 16.0. The van der Waals surface area contributed by atoms with Crippen molar-refractivity contribution in [1.82, 2.24) is 10.2 Å². The van der Waals surface area contributed by atoms with Crippen molar-refractivity contribution in [2.45, 2.75) is 46.7 Å². The molecule has 0 aliphatic carbocycles. The van der Waals surface area contributed by atoms with E-state index in [1.165, 1.54) is 4.90 Å². The second kappa shape index (κ2) is 14.2. The van der Waals surface area contributed by atoms with Gasteiger partial charge in [-0.3, -0.25) is 13.9 Å². The number of nitrogens with one attached hydrogen (secondary N) is 1. The van der Waals surface area contributed by atoms with E-state index >= 15 is 0 Å². The number of sulfonamides is 1. The van der Waals surface area contributed by atoms with Gasteiger partial charge in [0, 0.05) is 29.6 Å². The molecule has 7 nitrogen and oxygen atoms in total. The zero-order valence-electron chi connectivity index (χ0n) is 24.0. The number of carbonyl (C=O) groups is 2. The van der Waals surface area contributed by atoms with Crippen LogP contribution in [-0.4, -0.2) is 50.5 Å². The summed E-state index contributed by atoms with van der Waals surface area (Å²) >= 11 is 12.6. The molecule has 220 valence electrons. The van der Waals surface area contributed by atoms with Gasteiger partial charge in [-0.15, -0.1) is 0 Å². The van der Waals surface area contributed by atoms with Crippen LogP contribution >= 0.6 is 23.2 Å². The Bertz CT molecular complexity index is 1460. The van der Waals surface area contributed by atoms with Gasteiger partial charge in [0.25, 0.3) is 0 Å². The largest absolute Gasteiger partial charge is 0.354 e. The summed E-state index contributed by atoms with van der Waals surface area (Å²) in [7, 11) is -3.86. The number of anilines is 1. The molecule has 10 heteroatoms. The van der Waals surface area contributed by atoms with Crippen molar-refractivity contribution in [2.24, 2.45) is 5.92 Å². The number of benzene rings is 3. The molecule has 3 aromatic rings. The van der Waals surface area contributed by atoms with E-state index in [1.54, 1.807) is 44.2 Å². The van der Waals surface area contributed by atoms with E-state index < -0.39 is 28.5 Å². The van der Waals surface area contributed by atoms with Crippen molar-refractivity contribution in [3.63, 3.8) is 0 Å². The van der Waals surface area contributed by atoms with Crippen LogP contribution in [-0.2, 0) is 32.6 Å². The number of aryl methyl sites for hydroxylation is 2. The first-order valence-electron chi connectivity index (χ1n) is 13.4. The summed E-state index contributed by atoms with van der Waals surface area (Å²) in [5, 5.41) is 3.74. The van der Waals surface area contributed by atoms with Crippen LogP contribution in [0.4, 0.5) is 5.69 Å². The third kappa shape index (κ3) is 8.96. The fourth-order valence-electron chi connectivity index (χ4n) is 4.58. The van der Waals surface area contributed by atoms with Gasteiger partial charge in [-0.2, -0.15) is 0 Å². The number of rotatable bonds is 12. The lowest BCUT2D eigenvalue weighted by Crippen LogP contribution is -2.53. The lowest BCUT2D eigenvalue weighted by Gasteiger charge is -2.34. The van der Waals surface area contributed by atoms with Crippen molar-refractivity contribution in [1.29, 1.82) is 0 Å². The SMILES string of the molecule is Cc1cccc(C)c1N(CC(=O)N(Cc1ccc(Cl)cc1Cl)C(Cc1ccccc1)C(=O)NCC(C)C)S(C)(=O)=O. The first-order chi connectivity index (χ1) is 19.3. The van der Waals surface area contributed by atoms with Gasteiger partial charge in [-0.1, -0.05) is 91.6 Å². The van der Waals surface area contributed by atoms with Crippen LogP contribution in [0.15, 0.2) is 66.7 Å². The predicted molar refractivity (Wildman–Crippen MR) is 167 cm³/mol. The molecule has 1 atom stereocenters. The average molecular weight is 619 g/mol. The van der Waals surface area contributed by atoms with Crippen LogP contribution in [0, 0.1) is 19.8 Å². The molecule has 0 aliphatic rings. The Balaban J connectivity index is 2.11. The average Bonchev–Trinajstić information content (AvgIpc) is 2.89. The normalized spacial score (nSPS) is 12.2. The molecule has 0 spiro atoms. The standard InChI is InChI=1S/C31H37Cl2N3O4S/c1-21(2)18-34-31(38)28(16-24-12-7-6-8-13-24)35(19-25-14-15-26(32)17-27(25)33)29(37)20-36(41(5,39)40)30-22(3)10-9-11-23(30)4/h6-15,17,21,28H,16,18-20H2,1-5H3,(H,34,38). The number of halogens is 2. The fourth-order valence-corrected chi connectivity index (χ4v) is 6.02. The molecule has 41 heavy (non-hydrogen) atoms. The Morgan fingerprint density at radius 1 is 0.927 bits per heavy atom. The predicted octanol–water partition coefficient (Wildman–Crippen LogP) is 5.79. The summed E-state index contributed by atoms with van der Waals surface area (Å²) in [6.45, 7) is 7.48. The van der Waals surface area contributed by atoms with Crippen molar-refractivity contribution in [3.8, 4) is 0 Å². The molecule has 0 saturated carbocycles. The summed E-state index contributed by atoms with van der Waals surface area (Å²) in [5.74, 6) is -0.681. The van der Waals surface area contributed by atoms with Crippen molar-refractivity contribution in [3.05, 3.63) is 99.0 Å². The molecular formula is C31H37Cl2N3O4S. The molecule has 0 aromatic heterocycles. The second-order valence-corrected chi connectivity index (χ2v) is 13.4. The third-order valence-corrected chi connectivity index (χ3v) is 8.38. The summed E-state index contributed by atoms with van der Waals surface area (Å²) < 4.78 is 27.2. The minimum atomic E-state index is -3.86. The van der Waals surface area contributed by atoms with Gasteiger partial charge in [-0.25, -0.2) is 8.42 Å². The number of hydrogen-bond acceptors (Lipinski definition) is 4. The molecule has 3 rings (SSSR count). The highest BCUT2D eigenvalue weighted by Crippen LogP contribution is 2.28. The highest BCUT2D eigenvalue weighted by molar-refractivity contribution is 7.92. The zero-order valence-corrected chi connectivity index (χ0v) is 26.4. The molecule has 2 amide bonds. The molecule has 0 bridgehead atoms. The molecule has 1 unspecified atom stereocenters. The molecule has 0 heterocycles. The van der Waals surface area contributed by atoms with Gasteiger partial charge in [0.15, 0.2) is 0 Å². The van der Waals surface area contributed by atoms with Crippen LogP contribution in [0.25, 0.3) is 0 Å². The van der Waals surface area contributed by atoms with Gasteiger partial charge >= 0.3 is 0 Å². The van der Waals surface area contributed by atoms with Crippen LogP contribution in [0.1, 0.15) is 36.1 Å². The Morgan fingerprint density at radius 3 is 2.12 bits per heavy atom. The minimum Gasteiger partial charge on any atom is -0.354 e. The monoisotopic (exact) mass is 617 g/mol. The van der Waals surface area contributed by atoms with E-state index in [0.717, 1.165) is 16.1 Å². The Morgan fingerprint density at radius 2 is 1.56 bits per heavy atom. The van der Waals surface area contributed by atoms with Crippen LogP contribution < -0.4 is 9.62 Å². The van der Waals surface area contributed by atoms with E-state index in [2.05, 4.69) is 5.32 Å². The molecule has 0 radical (unpaired) electrons. The van der Waals surface area contributed by atoms with E-state index in [4.69, 9.17) is 23.2 Å². The van der Waals surface area contributed by atoms with Gasteiger partial charge in [0.1, 0.15) is 12.6 Å². The number of nitrogens with zero attached hydrogens (tertiary/aromatic N) is 2. The zero-order chi connectivity index (χ0) is 30.3. The molecule has 3 aromatic carbocycles. The summed E-state index contributed by atoms with van der Waals surface area (Å²) in [5.41, 5.74) is 3.30. The van der Waals surface area contributed by atoms with Crippen LogP contribution in [0.3, 0.4) is 0 Å². The van der Waals surface area contributed by atoms with E-state index in [9.17, 15) is 18.0 Å². The lowest BCUT2D eigenvalue weighted by molar-refractivity contribution is -0.140. The van der Waals surface area contributed by atoms with Crippen molar-refractivity contribution in [2.75, 3.05) is 23.7 Å². The highest BCUT2D eigenvalue weighted by atomic mass is 35.5. The van der Waals surface area contributed by atoms with Crippen molar-refractivity contribution >= 4 is 50.7 Å².